The van der Waals surface area contributed by atoms with Crippen LogP contribution < -0.4 is 4.74 Å². The molecule has 96 valence electrons. The highest BCUT2D eigenvalue weighted by Gasteiger charge is 2.08. The van der Waals surface area contributed by atoms with E-state index in [4.69, 9.17) is 27.9 Å². The fourth-order valence-electron chi connectivity index (χ4n) is 2.12. The van der Waals surface area contributed by atoms with Crippen molar-refractivity contribution >= 4 is 34.1 Å². The van der Waals surface area contributed by atoms with Crippen LogP contribution in [0.5, 0.6) is 5.75 Å². The standard InChI is InChI=1S/C15H11Cl2NO/c1-19-14-4-2-3-10-8-13(18-15(10)14)9-5-6-11(16)12(17)7-9/h2-8,18H,1H3. The number of methoxy groups -OCH3 is 1. The van der Waals surface area contributed by atoms with E-state index in [-0.39, 0.29) is 0 Å². The Kier molecular flexibility index (Phi) is 3.13. The number of halogens is 2. The Labute approximate surface area is 120 Å². The molecule has 0 amide bonds. The third-order valence-electron chi connectivity index (χ3n) is 3.07. The SMILES string of the molecule is COc1cccc2cc(-c3ccc(Cl)c(Cl)c3)[nH]c12. The van der Waals surface area contributed by atoms with Gasteiger partial charge in [-0.3, -0.25) is 0 Å². The Morgan fingerprint density at radius 2 is 1.84 bits per heavy atom. The molecule has 0 aliphatic carbocycles. The molecule has 0 radical (unpaired) electrons. The Bertz CT molecular complexity index is 749. The largest absolute Gasteiger partial charge is 0.495 e. The number of nitrogens with one attached hydrogen (secondary N) is 1. The molecule has 0 bridgehead atoms. The van der Waals surface area contributed by atoms with Crippen molar-refractivity contribution in [2.75, 3.05) is 7.11 Å². The van der Waals surface area contributed by atoms with Crippen molar-refractivity contribution in [2.24, 2.45) is 0 Å². The minimum Gasteiger partial charge on any atom is -0.495 e. The Hall–Kier alpha value is -1.64. The topological polar surface area (TPSA) is 25.0 Å². The van der Waals surface area contributed by atoms with Crippen molar-refractivity contribution in [2.45, 2.75) is 0 Å². The maximum Gasteiger partial charge on any atom is 0.142 e. The van der Waals surface area contributed by atoms with Gasteiger partial charge in [0.15, 0.2) is 0 Å². The zero-order valence-electron chi connectivity index (χ0n) is 10.2. The van der Waals surface area contributed by atoms with Gasteiger partial charge < -0.3 is 9.72 Å². The van der Waals surface area contributed by atoms with E-state index in [0.29, 0.717) is 10.0 Å². The third kappa shape index (κ3) is 2.18. The van der Waals surface area contributed by atoms with Crippen LogP contribution in [0.4, 0.5) is 0 Å². The molecule has 2 aromatic carbocycles. The molecule has 0 aliphatic rings. The van der Waals surface area contributed by atoms with Gasteiger partial charge in [-0.1, -0.05) is 41.4 Å². The van der Waals surface area contributed by atoms with Crippen LogP contribution in [0.25, 0.3) is 22.2 Å². The molecule has 0 fully saturated rings. The lowest BCUT2D eigenvalue weighted by Crippen LogP contribution is -1.83. The quantitative estimate of drug-likeness (QED) is 0.694. The molecule has 3 rings (SSSR count). The fourth-order valence-corrected chi connectivity index (χ4v) is 2.42. The summed E-state index contributed by atoms with van der Waals surface area (Å²) in [6.07, 6.45) is 0. The Morgan fingerprint density at radius 3 is 2.58 bits per heavy atom. The lowest BCUT2D eigenvalue weighted by molar-refractivity contribution is 0.419. The molecular formula is C15H11Cl2NO. The average molecular weight is 292 g/mol. The summed E-state index contributed by atoms with van der Waals surface area (Å²) in [5.41, 5.74) is 2.96. The number of aromatic nitrogens is 1. The van der Waals surface area contributed by atoms with Crippen LogP contribution in [-0.2, 0) is 0 Å². The van der Waals surface area contributed by atoms with Crippen molar-refractivity contribution in [1.82, 2.24) is 4.98 Å². The van der Waals surface area contributed by atoms with E-state index >= 15 is 0 Å². The fraction of sp³-hybridized carbons (Fsp3) is 0.0667. The lowest BCUT2D eigenvalue weighted by Gasteiger charge is -2.01. The predicted molar refractivity (Wildman–Crippen MR) is 80.3 cm³/mol. The van der Waals surface area contributed by atoms with E-state index in [2.05, 4.69) is 11.1 Å². The second-order valence-electron chi connectivity index (χ2n) is 4.24. The number of hydrogen-bond acceptors (Lipinski definition) is 1. The number of fused-ring (bicyclic) bond motifs is 1. The molecule has 1 N–H and O–H groups in total. The summed E-state index contributed by atoms with van der Waals surface area (Å²) < 4.78 is 5.34. The molecule has 0 spiro atoms. The van der Waals surface area contributed by atoms with Gasteiger partial charge in [0, 0.05) is 11.1 Å². The molecule has 0 saturated heterocycles. The van der Waals surface area contributed by atoms with E-state index in [1.165, 1.54) is 0 Å². The van der Waals surface area contributed by atoms with Crippen molar-refractivity contribution < 1.29 is 4.74 Å². The predicted octanol–water partition coefficient (Wildman–Crippen LogP) is 5.15. The molecule has 19 heavy (non-hydrogen) atoms. The molecule has 3 aromatic rings. The van der Waals surface area contributed by atoms with Crippen LogP contribution in [0.3, 0.4) is 0 Å². The second kappa shape index (κ2) is 4.80. The summed E-state index contributed by atoms with van der Waals surface area (Å²) in [5.74, 6) is 0.823. The smallest absolute Gasteiger partial charge is 0.142 e. The average Bonchev–Trinajstić information content (AvgIpc) is 2.85. The number of H-pyrrole nitrogens is 1. The highest BCUT2D eigenvalue weighted by Crippen LogP contribution is 2.32. The summed E-state index contributed by atoms with van der Waals surface area (Å²) in [4.78, 5) is 3.35. The van der Waals surface area contributed by atoms with Crippen LogP contribution in [0.2, 0.25) is 10.0 Å². The molecular weight excluding hydrogens is 281 g/mol. The van der Waals surface area contributed by atoms with Gasteiger partial charge in [-0.05, 0) is 29.8 Å². The normalized spacial score (nSPS) is 10.9. The molecule has 0 aliphatic heterocycles. The highest BCUT2D eigenvalue weighted by atomic mass is 35.5. The minimum absolute atomic E-state index is 0.546. The summed E-state index contributed by atoms with van der Waals surface area (Å²) in [5, 5.41) is 2.20. The highest BCUT2D eigenvalue weighted by molar-refractivity contribution is 6.42. The number of hydrogen-bond donors (Lipinski definition) is 1. The zero-order chi connectivity index (χ0) is 13.4. The van der Waals surface area contributed by atoms with Gasteiger partial charge in [0.1, 0.15) is 5.75 Å². The summed E-state index contributed by atoms with van der Waals surface area (Å²) >= 11 is 12.0. The summed E-state index contributed by atoms with van der Waals surface area (Å²) in [6.45, 7) is 0. The van der Waals surface area contributed by atoms with E-state index in [1.807, 2.05) is 30.3 Å². The van der Waals surface area contributed by atoms with Crippen molar-refractivity contribution in [3.05, 3.63) is 52.5 Å². The minimum atomic E-state index is 0.546. The molecule has 0 saturated carbocycles. The van der Waals surface area contributed by atoms with Gasteiger partial charge in [0.05, 0.1) is 22.7 Å². The molecule has 0 unspecified atom stereocenters. The van der Waals surface area contributed by atoms with Crippen LogP contribution in [0, 0.1) is 0 Å². The first-order chi connectivity index (χ1) is 9.19. The number of para-hydroxylation sites is 1. The Morgan fingerprint density at radius 1 is 1.00 bits per heavy atom. The van der Waals surface area contributed by atoms with Crippen molar-refractivity contribution in [3.63, 3.8) is 0 Å². The van der Waals surface area contributed by atoms with Gasteiger partial charge in [-0.2, -0.15) is 0 Å². The number of aromatic amines is 1. The van der Waals surface area contributed by atoms with Crippen molar-refractivity contribution in [3.8, 4) is 17.0 Å². The maximum atomic E-state index is 6.05. The number of rotatable bonds is 2. The second-order valence-corrected chi connectivity index (χ2v) is 5.05. The van der Waals surface area contributed by atoms with E-state index in [9.17, 15) is 0 Å². The first kappa shape index (κ1) is 12.4. The third-order valence-corrected chi connectivity index (χ3v) is 3.81. The summed E-state index contributed by atoms with van der Waals surface area (Å²) in [7, 11) is 1.66. The first-order valence-corrected chi connectivity index (χ1v) is 6.56. The molecule has 2 nitrogen and oxygen atoms in total. The monoisotopic (exact) mass is 291 g/mol. The van der Waals surface area contributed by atoms with Gasteiger partial charge in [0.2, 0.25) is 0 Å². The molecule has 1 heterocycles. The van der Waals surface area contributed by atoms with Crippen LogP contribution in [0.1, 0.15) is 0 Å². The zero-order valence-corrected chi connectivity index (χ0v) is 11.7. The Balaban J connectivity index is 2.17. The van der Waals surface area contributed by atoms with Crippen molar-refractivity contribution in [1.29, 1.82) is 0 Å². The van der Waals surface area contributed by atoms with Crippen LogP contribution in [0.15, 0.2) is 42.5 Å². The van der Waals surface area contributed by atoms with Crippen LogP contribution in [-0.4, -0.2) is 12.1 Å². The van der Waals surface area contributed by atoms with Gasteiger partial charge in [-0.15, -0.1) is 0 Å². The number of ether oxygens (including phenoxy) is 1. The molecule has 0 atom stereocenters. The van der Waals surface area contributed by atoms with Gasteiger partial charge in [-0.25, -0.2) is 0 Å². The molecule has 4 heteroatoms. The summed E-state index contributed by atoms with van der Waals surface area (Å²) in [6, 6.07) is 13.6. The van der Waals surface area contributed by atoms with E-state index < -0.39 is 0 Å². The number of benzene rings is 2. The van der Waals surface area contributed by atoms with E-state index in [1.54, 1.807) is 13.2 Å². The van der Waals surface area contributed by atoms with E-state index in [0.717, 1.165) is 27.9 Å². The van der Waals surface area contributed by atoms with Gasteiger partial charge >= 0.3 is 0 Å². The van der Waals surface area contributed by atoms with Gasteiger partial charge in [0.25, 0.3) is 0 Å². The first-order valence-electron chi connectivity index (χ1n) is 5.80. The van der Waals surface area contributed by atoms with Crippen LogP contribution >= 0.6 is 23.2 Å². The lowest BCUT2D eigenvalue weighted by atomic mass is 10.1. The molecule has 1 aromatic heterocycles. The maximum absolute atomic E-state index is 6.05.